The lowest BCUT2D eigenvalue weighted by Gasteiger charge is -2.18. The molecule has 10 heteroatoms. The summed E-state index contributed by atoms with van der Waals surface area (Å²) < 4.78 is 26.7. The monoisotopic (exact) mass is 565 g/mol. The Morgan fingerprint density at radius 1 is 1.23 bits per heavy atom. The maximum atomic E-state index is 13.3. The second kappa shape index (κ2) is 14.1. The zero-order valence-corrected chi connectivity index (χ0v) is 24.5. The Morgan fingerprint density at radius 3 is 2.67 bits per heavy atom. The number of likely N-dealkylation sites (N-methyl/N-ethyl adjacent to an activating group) is 1. The Balaban J connectivity index is 1.84. The Kier molecular flexibility index (Phi) is 10.9. The second-order valence-electron chi connectivity index (χ2n) is 9.95. The summed E-state index contributed by atoms with van der Waals surface area (Å²) in [7, 11) is -3.66. The smallest absolute Gasteiger partial charge is 0.255 e. The van der Waals surface area contributed by atoms with Gasteiger partial charge in [-0.15, -0.1) is 0 Å². The van der Waals surface area contributed by atoms with Gasteiger partial charge in [0, 0.05) is 36.3 Å². The van der Waals surface area contributed by atoms with Crippen molar-refractivity contribution in [1.29, 1.82) is 5.26 Å². The Hall–Kier alpha value is -3.68. The number of hydrogen-bond acceptors (Lipinski definition) is 6. The molecule has 0 bridgehead atoms. The summed E-state index contributed by atoms with van der Waals surface area (Å²) in [4.78, 5) is 31.3. The molecule has 0 fully saturated rings. The maximum absolute atomic E-state index is 13.3. The molecule has 1 aliphatic carbocycles. The molecular weight excluding hydrogens is 526 g/mol. The quantitative estimate of drug-likeness (QED) is 0.372. The van der Waals surface area contributed by atoms with Crippen LogP contribution < -0.4 is 10.6 Å². The van der Waals surface area contributed by atoms with Crippen molar-refractivity contribution in [2.24, 2.45) is 5.92 Å². The van der Waals surface area contributed by atoms with E-state index >= 15 is 0 Å². The molecule has 0 spiro atoms. The number of nitrogens with zero attached hydrogens (tertiary/aromatic N) is 2. The number of nitriles is 1. The lowest BCUT2D eigenvalue weighted by Crippen LogP contribution is -2.35. The summed E-state index contributed by atoms with van der Waals surface area (Å²) >= 11 is 0. The minimum Gasteiger partial charge on any atom is -0.358 e. The van der Waals surface area contributed by atoms with Crippen LogP contribution in [0.3, 0.4) is 0 Å². The van der Waals surface area contributed by atoms with E-state index < -0.39 is 26.9 Å². The van der Waals surface area contributed by atoms with Crippen LogP contribution in [-0.2, 0) is 14.6 Å². The van der Waals surface area contributed by atoms with Gasteiger partial charge < -0.3 is 20.5 Å². The standard InChI is InChI=1S/C30H39N5O4S/c1-5-35(6-2)17-16-33-30(37)28-21(3)27(34-22(28)4)18-23-13-14-26(12-9-15-32-29(23)36)40(38,39)20-25-11-8-7-10-24(25)19-31/h7-9,11,13-15,18,24,26,34H,5-6,10,12,16-17,20H2,1-4H3,(H,32,36)(H,33,37). The molecule has 3 N–H and O–H groups in total. The van der Waals surface area contributed by atoms with Gasteiger partial charge in [-0.1, -0.05) is 50.3 Å². The third-order valence-corrected chi connectivity index (χ3v) is 9.32. The summed E-state index contributed by atoms with van der Waals surface area (Å²) in [5, 5.41) is 14.2. The van der Waals surface area contributed by atoms with Crippen molar-refractivity contribution < 1.29 is 18.0 Å². The second-order valence-corrected chi connectivity index (χ2v) is 12.2. The molecule has 2 unspecified atom stereocenters. The van der Waals surface area contributed by atoms with Gasteiger partial charge in [0.2, 0.25) is 0 Å². The Labute approximate surface area is 237 Å². The van der Waals surface area contributed by atoms with E-state index in [9.17, 15) is 23.3 Å². The van der Waals surface area contributed by atoms with Gasteiger partial charge in [-0.2, -0.15) is 5.26 Å². The van der Waals surface area contributed by atoms with Crippen LogP contribution >= 0.6 is 0 Å². The van der Waals surface area contributed by atoms with Gasteiger partial charge in [-0.05, 0) is 57.0 Å². The van der Waals surface area contributed by atoms with Crippen LogP contribution in [0.2, 0.25) is 0 Å². The molecule has 2 aliphatic rings. The van der Waals surface area contributed by atoms with Gasteiger partial charge in [0.05, 0.1) is 28.6 Å². The summed E-state index contributed by atoms with van der Waals surface area (Å²) in [5.41, 5.74) is 3.33. The van der Waals surface area contributed by atoms with Gasteiger partial charge in [0.15, 0.2) is 9.84 Å². The molecule has 3 rings (SSSR count). The van der Waals surface area contributed by atoms with E-state index in [1.54, 1.807) is 24.3 Å². The number of hydrogen-bond donors (Lipinski definition) is 3. The number of rotatable bonds is 10. The number of aromatic nitrogens is 1. The summed E-state index contributed by atoms with van der Waals surface area (Å²) in [6.07, 6.45) is 13.8. The minimum absolute atomic E-state index is 0.186. The normalized spacial score (nSPS) is 20.4. The van der Waals surface area contributed by atoms with Crippen LogP contribution in [0, 0.1) is 31.1 Å². The third kappa shape index (κ3) is 7.71. The van der Waals surface area contributed by atoms with Crippen molar-refractivity contribution in [1.82, 2.24) is 20.5 Å². The molecule has 2 atom stereocenters. The van der Waals surface area contributed by atoms with Crippen molar-refractivity contribution in [3.05, 3.63) is 76.3 Å². The summed E-state index contributed by atoms with van der Waals surface area (Å²) in [6.45, 7) is 10.9. The molecule has 0 aromatic carbocycles. The van der Waals surface area contributed by atoms with E-state index in [-0.39, 0.29) is 23.7 Å². The molecule has 1 aromatic rings. The zero-order chi connectivity index (χ0) is 29.3. The van der Waals surface area contributed by atoms with Gasteiger partial charge >= 0.3 is 0 Å². The third-order valence-electron chi connectivity index (χ3n) is 7.32. The number of carbonyl (C=O) groups is 2. The SMILES string of the molecule is CCN(CC)CCNC(=O)c1c(C)[nH]c(C=C2C=CC(S(=O)(=O)CC3=CC=CCC3C#N)CC=CNC2=O)c1C. The van der Waals surface area contributed by atoms with Crippen LogP contribution in [-0.4, -0.2) is 67.3 Å². The highest BCUT2D eigenvalue weighted by Crippen LogP contribution is 2.25. The van der Waals surface area contributed by atoms with Crippen molar-refractivity contribution in [2.75, 3.05) is 31.9 Å². The maximum Gasteiger partial charge on any atom is 0.255 e. The Bertz CT molecular complexity index is 1400. The first-order chi connectivity index (χ1) is 19.1. The summed E-state index contributed by atoms with van der Waals surface area (Å²) in [5.74, 6) is -1.26. The van der Waals surface area contributed by atoms with E-state index in [0.29, 0.717) is 41.1 Å². The van der Waals surface area contributed by atoms with Crippen molar-refractivity contribution >= 4 is 27.7 Å². The van der Waals surface area contributed by atoms with Crippen LogP contribution in [0.5, 0.6) is 0 Å². The zero-order valence-electron chi connectivity index (χ0n) is 23.7. The van der Waals surface area contributed by atoms with E-state index in [4.69, 9.17) is 0 Å². The number of sulfone groups is 1. The first kappa shape index (κ1) is 30.9. The topological polar surface area (TPSA) is 135 Å². The van der Waals surface area contributed by atoms with Gasteiger partial charge in [0.1, 0.15) is 0 Å². The minimum atomic E-state index is -3.66. The van der Waals surface area contributed by atoms with E-state index in [0.717, 1.165) is 19.6 Å². The van der Waals surface area contributed by atoms with Gasteiger partial charge in [-0.3, -0.25) is 9.59 Å². The largest absolute Gasteiger partial charge is 0.358 e. The van der Waals surface area contributed by atoms with Crippen molar-refractivity contribution in [2.45, 2.75) is 45.8 Å². The molecule has 0 saturated carbocycles. The molecule has 9 nitrogen and oxygen atoms in total. The number of amides is 2. The molecule has 1 aromatic heterocycles. The van der Waals surface area contributed by atoms with E-state index in [2.05, 4.69) is 40.4 Å². The lowest BCUT2D eigenvalue weighted by molar-refractivity contribution is -0.116. The van der Waals surface area contributed by atoms with Gasteiger partial charge in [-0.25, -0.2) is 8.42 Å². The van der Waals surface area contributed by atoms with Gasteiger partial charge in [0.25, 0.3) is 11.8 Å². The molecule has 1 aliphatic heterocycles. The molecule has 0 radical (unpaired) electrons. The number of aromatic amines is 1. The number of nitrogens with one attached hydrogen (secondary N) is 3. The first-order valence-corrected chi connectivity index (χ1v) is 15.3. The first-order valence-electron chi connectivity index (χ1n) is 13.6. The predicted molar refractivity (Wildman–Crippen MR) is 158 cm³/mol. The van der Waals surface area contributed by atoms with Crippen molar-refractivity contribution in [3.63, 3.8) is 0 Å². The molecule has 214 valence electrons. The molecule has 40 heavy (non-hydrogen) atoms. The average molecular weight is 566 g/mol. The fourth-order valence-corrected chi connectivity index (χ4v) is 6.53. The van der Waals surface area contributed by atoms with Crippen LogP contribution in [0.25, 0.3) is 6.08 Å². The van der Waals surface area contributed by atoms with Crippen molar-refractivity contribution in [3.8, 4) is 6.07 Å². The average Bonchev–Trinajstić information content (AvgIpc) is 3.25. The number of H-pyrrole nitrogens is 1. The van der Waals surface area contributed by atoms with Crippen LogP contribution in [0.15, 0.2) is 53.8 Å². The highest BCUT2D eigenvalue weighted by molar-refractivity contribution is 7.92. The molecular formula is C30H39N5O4S. The predicted octanol–water partition coefficient (Wildman–Crippen LogP) is 3.49. The fraction of sp³-hybridized carbons (Fsp3) is 0.433. The number of carbonyl (C=O) groups excluding carboxylic acids is 2. The van der Waals surface area contributed by atoms with E-state index in [1.165, 1.54) is 18.4 Å². The Morgan fingerprint density at radius 2 is 1.98 bits per heavy atom. The highest BCUT2D eigenvalue weighted by atomic mass is 32.2. The molecule has 0 saturated heterocycles. The van der Waals surface area contributed by atoms with Crippen LogP contribution in [0.4, 0.5) is 0 Å². The fourth-order valence-electron chi connectivity index (χ4n) is 4.83. The molecule has 2 amide bonds. The summed E-state index contributed by atoms with van der Waals surface area (Å²) in [6, 6.07) is 2.18. The lowest BCUT2D eigenvalue weighted by atomic mass is 9.94. The number of allylic oxidation sites excluding steroid dienone is 4. The molecule has 2 heterocycles. The van der Waals surface area contributed by atoms with E-state index in [1.807, 2.05) is 19.9 Å². The van der Waals surface area contributed by atoms with Crippen LogP contribution in [0.1, 0.15) is 54.0 Å². The highest BCUT2D eigenvalue weighted by Gasteiger charge is 2.28. The number of aryl methyl sites for hydroxylation is 1.